The minimum atomic E-state index is -2.18. The zero-order valence-electron chi connectivity index (χ0n) is 24.3. The molecule has 0 aliphatic heterocycles. The number of aliphatic hydroxyl groups excluding tert-OH is 1. The predicted molar refractivity (Wildman–Crippen MR) is 148 cm³/mol. The van der Waals surface area contributed by atoms with Crippen LogP contribution in [0.1, 0.15) is 46.5 Å². The van der Waals surface area contributed by atoms with Crippen molar-refractivity contribution >= 4 is 29.5 Å². The summed E-state index contributed by atoms with van der Waals surface area (Å²) >= 11 is 0. The van der Waals surface area contributed by atoms with E-state index in [4.69, 9.17) is 14.2 Å². The molecule has 0 aromatic rings. The highest BCUT2D eigenvalue weighted by atomic mass is 19.1. The van der Waals surface area contributed by atoms with Gasteiger partial charge in [-0.15, -0.1) is 0 Å². The minimum Gasteiger partial charge on any atom is -0.461 e. The highest BCUT2D eigenvalue weighted by molar-refractivity contribution is 6.01. The smallest absolute Gasteiger partial charge is 0.320 e. The molecule has 8 atom stereocenters. The van der Waals surface area contributed by atoms with Crippen molar-refractivity contribution in [1.82, 2.24) is 0 Å². The molecule has 4 rings (SSSR count). The molecule has 0 amide bonds. The number of alkyl halides is 1. The zero-order valence-corrected chi connectivity index (χ0v) is 24.3. The zero-order chi connectivity index (χ0) is 31.0. The molecule has 0 aromatic carbocycles. The van der Waals surface area contributed by atoms with Gasteiger partial charge in [0.25, 0.3) is 0 Å². The lowest BCUT2D eigenvalue weighted by Crippen LogP contribution is -2.66. The van der Waals surface area contributed by atoms with Gasteiger partial charge in [-0.05, 0) is 62.0 Å². The Labute approximate surface area is 244 Å². The third kappa shape index (κ3) is 4.97. The van der Waals surface area contributed by atoms with E-state index >= 15 is 4.39 Å². The number of ketones is 2. The van der Waals surface area contributed by atoms with Crippen molar-refractivity contribution in [2.45, 2.75) is 58.2 Å². The van der Waals surface area contributed by atoms with Crippen LogP contribution in [0.3, 0.4) is 0 Å². The maximum atomic E-state index is 17.6. The van der Waals surface area contributed by atoms with Gasteiger partial charge in [0.05, 0.1) is 6.10 Å². The van der Waals surface area contributed by atoms with Gasteiger partial charge in [0, 0.05) is 24.2 Å². The quantitative estimate of drug-likeness (QED) is 0.177. The average Bonchev–Trinajstić information content (AvgIpc) is 3.22. The summed E-state index contributed by atoms with van der Waals surface area (Å²) in [6.45, 7) is 10.7. The molecule has 0 unspecified atom stereocenters. The molecule has 0 radical (unpaired) electrons. The molecule has 1 N–H and O–H groups in total. The summed E-state index contributed by atoms with van der Waals surface area (Å²) in [5.41, 5.74) is -3.90. The van der Waals surface area contributed by atoms with Gasteiger partial charge < -0.3 is 19.3 Å². The molecule has 3 fully saturated rings. The lowest BCUT2D eigenvalue weighted by atomic mass is 9.45. The van der Waals surface area contributed by atoms with E-state index in [0.29, 0.717) is 18.4 Å². The van der Waals surface area contributed by atoms with Crippen LogP contribution in [-0.4, -0.2) is 66.2 Å². The second-order valence-electron chi connectivity index (χ2n) is 12.3. The van der Waals surface area contributed by atoms with E-state index in [-0.39, 0.29) is 31.8 Å². The second kappa shape index (κ2) is 11.7. The average molecular weight is 587 g/mol. The Morgan fingerprint density at radius 2 is 1.71 bits per heavy atom. The number of aliphatic hydroxyl groups is 1. The first-order chi connectivity index (χ1) is 19.8. The van der Waals surface area contributed by atoms with E-state index in [1.165, 1.54) is 30.4 Å². The van der Waals surface area contributed by atoms with E-state index in [0.717, 1.165) is 6.92 Å². The summed E-state index contributed by atoms with van der Waals surface area (Å²) in [5.74, 6) is -8.19. The number of halogens is 1. The number of carbonyl (C=O) groups excluding carboxylic acids is 5. The van der Waals surface area contributed by atoms with Crippen LogP contribution in [0, 0.1) is 40.4 Å². The molecule has 3 saturated carbocycles. The van der Waals surface area contributed by atoms with Gasteiger partial charge in [-0.2, -0.15) is 0 Å². The molecule has 0 bridgehead atoms. The highest BCUT2D eigenvalue weighted by Gasteiger charge is 2.73. The summed E-state index contributed by atoms with van der Waals surface area (Å²) in [6.07, 6.45) is 6.06. The molecule has 0 heterocycles. The van der Waals surface area contributed by atoms with Crippen LogP contribution in [0.2, 0.25) is 0 Å². The fourth-order valence-electron chi connectivity index (χ4n) is 8.42. The molecule has 4 aliphatic rings. The number of hydrogen-bond donors (Lipinski definition) is 1. The Morgan fingerprint density at radius 3 is 2.29 bits per heavy atom. The molecule has 42 heavy (non-hydrogen) atoms. The molecular weight excluding hydrogens is 547 g/mol. The van der Waals surface area contributed by atoms with Gasteiger partial charge in [0.15, 0.2) is 23.2 Å². The number of hydrogen-bond acceptors (Lipinski definition) is 9. The summed E-state index contributed by atoms with van der Waals surface area (Å²) in [6, 6.07) is 0. The third-order valence-electron chi connectivity index (χ3n) is 10.1. The Morgan fingerprint density at radius 1 is 1.10 bits per heavy atom. The van der Waals surface area contributed by atoms with Crippen molar-refractivity contribution in [2.75, 3.05) is 19.8 Å². The first-order valence-electron chi connectivity index (χ1n) is 14.3. The number of Topliss-reactive ketones (excluding diaryl/α,β-unsaturated/α-hetero) is 1. The predicted octanol–water partition coefficient (Wildman–Crippen LogP) is 3.41. The largest absolute Gasteiger partial charge is 0.461 e. The SMILES string of the molecule is C=CCOC(=O)C(C(=O)OCC=C)[C@@H]1C[C@H]2[C@@H]3CCC4=CC(=O)C=C[C@]4(C)[C@@]3(F)[C@@H](O)C[C@]2(C)[C@H]1C(=O)COC(C)=O. The summed E-state index contributed by atoms with van der Waals surface area (Å²) < 4.78 is 33.2. The van der Waals surface area contributed by atoms with Crippen molar-refractivity contribution in [3.63, 3.8) is 0 Å². The van der Waals surface area contributed by atoms with E-state index < -0.39 is 82.5 Å². The third-order valence-corrected chi connectivity index (χ3v) is 10.1. The molecule has 228 valence electrons. The van der Waals surface area contributed by atoms with Crippen molar-refractivity contribution in [3.8, 4) is 0 Å². The van der Waals surface area contributed by atoms with Crippen LogP contribution in [0.15, 0.2) is 49.1 Å². The maximum absolute atomic E-state index is 17.6. The minimum absolute atomic E-state index is 0.0881. The molecule has 9 nitrogen and oxygen atoms in total. The van der Waals surface area contributed by atoms with Gasteiger partial charge in [0.2, 0.25) is 0 Å². The van der Waals surface area contributed by atoms with E-state index in [1.807, 2.05) is 0 Å². The first kappa shape index (κ1) is 31.5. The van der Waals surface area contributed by atoms with Gasteiger partial charge >= 0.3 is 17.9 Å². The normalized spacial score (nSPS) is 36.6. The van der Waals surface area contributed by atoms with E-state index in [1.54, 1.807) is 13.8 Å². The molecular formula is C32H39FO9. The molecule has 0 aromatic heterocycles. The number of esters is 3. The molecule has 0 spiro atoms. The Bertz CT molecular complexity index is 1230. The Balaban J connectivity index is 1.82. The van der Waals surface area contributed by atoms with Crippen molar-refractivity contribution in [3.05, 3.63) is 49.1 Å². The summed E-state index contributed by atoms with van der Waals surface area (Å²) in [4.78, 5) is 64.3. The lowest BCUT2D eigenvalue weighted by molar-refractivity contribution is -0.196. The maximum Gasteiger partial charge on any atom is 0.320 e. The van der Waals surface area contributed by atoms with E-state index in [2.05, 4.69) is 13.2 Å². The molecule has 4 aliphatic carbocycles. The summed E-state index contributed by atoms with van der Waals surface area (Å²) in [7, 11) is 0. The van der Waals surface area contributed by atoms with Crippen molar-refractivity contribution in [1.29, 1.82) is 0 Å². The van der Waals surface area contributed by atoms with E-state index in [9.17, 15) is 29.1 Å². The summed E-state index contributed by atoms with van der Waals surface area (Å²) in [5, 5.41) is 11.6. The van der Waals surface area contributed by atoms with Crippen LogP contribution < -0.4 is 0 Å². The number of fused-ring (bicyclic) bond motifs is 5. The topological polar surface area (TPSA) is 133 Å². The number of carbonyl (C=O) groups is 5. The number of rotatable bonds is 10. The standard InChI is InChI=1S/C32H39FO9/c1-6-12-40-28(38)26(29(39)41-13-7-2)21-15-23-22-9-8-19-14-20(35)10-11-31(19,5)32(22,33)25(37)16-30(23,4)27(21)24(36)17-42-18(3)34/h6-7,10-11,14,21-23,25-27,37H,1-2,8-9,12-13,15-17H2,3-5H3/t21-,22-,23-,25-,27+,30-,31-,32-/m0/s1. The molecule has 0 saturated heterocycles. The molecule has 10 heteroatoms. The van der Waals surface area contributed by atoms with Gasteiger partial charge in [-0.25, -0.2) is 4.39 Å². The van der Waals surface area contributed by atoms with Gasteiger partial charge in [-0.3, -0.25) is 24.0 Å². The number of ether oxygens (including phenoxy) is 3. The fraction of sp³-hybridized carbons (Fsp3) is 0.594. The lowest BCUT2D eigenvalue weighted by Gasteiger charge is -2.61. The number of allylic oxidation sites excluding steroid dienone is 4. The highest BCUT2D eigenvalue weighted by Crippen LogP contribution is 2.70. The van der Waals surface area contributed by atoms with Crippen LogP contribution >= 0.6 is 0 Å². The van der Waals surface area contributed by atoms with Gasteiger partial charge in [0.1, 0.15) is 19.8 Å². The van der Waals surface area contributed by atoms with Crippen molar-refractivity contribution in [2.24, 2.45) is 40.4 Å². The fourth-order valence-corrected chi connectivity index (χ4v) is 8.42. The monoisotopic (exact) mass is 586 g/mol. The van der Waals surface area contributed by atoms with Gasteiger partial charge in [-0.1, -0.05) is 43.9 Å². The Hall–Kier alpha value is -3.40. The van der Waals surface area contributed by atoms with Crippen LogP contribution in [0.25, 0.3) is 0 Å². The van der Waals surface area contributed by atoms with Crippen LogP contribution in [0.4, 0.5) is 4.39 Å². The first-order valence-corrected chi connectivity index (χ1v) is 14.3. The second-order valence-corrected chi connectivity index (χ2v) is 12.3. The van der Waals surface area contributed by atoms with Crippen LogP contribution in [-0.2, 0) is 38.2 Å². The van der Waals surface area contributed by atoms with Crippen molar-refractivity contribution < 1.29 is 47.7 Å². The Kier molecular flexibility index (Phi) is 8.79. The van der Waals surface area contributed by atoms with Crippen LogP contribution in [0.5, 0.6) is 0 Å².